The quantitative estimate of drug-likeness (QED) is 0.725. The minimum atomic E-state index is -1.09. The van der Waals surface area contributed by atoms with E-state index in [1.54, 1.807) is 0 Å². The summed E-state index contributed by atoms with van der Waals surface area (Å²) in [4.78, 5) is 23.7. The summed E-state index contributed by atoms with van der Waals surface area (Å²) in [5.41, 5.74) is 2.36. The van der Waals surface area contributed by atoms with Crippen LogP contribution in [0.5, 0.6) is 0 Å². The SMILES string of the molecule is O=C(O)C1CCCCCCCc2ccccc2CC(CO)NC1=O. The van der Waals surface area contributed by atoms with Crippen molar-refractivity contribution < 1.29 is 19.8 Å². The van der Waals surface area contributed by atoms with Gasteiger partial charge in [-0.25, -0.2) is 0 Å². The first-order valence-corrected chi connectivity index (χ1v) is 8.82. The summed E-state index contributed by atoms with van der Waals surface area (Å²) in [5, 5.41) is 21.6. The van der Waals surface area contributed by atoms with Crippen LogP contribution in [0.25, 0.3) is 0 Å². The summed E-state index contributed by atoms with van der Waals surface area (Å²) < 4.78 is 0. The molecule has 0 bridgehead atoms. The van der Waals surface area contributed by atoms with Gasteiger partial charge >= 0.3 is 5.97 Å². The summed E-state index contributed by atoms with van der Waals surface area (Å²) in [7, 11) is 0. The van der Waals surface area contributed by atoms with E-state index >= 15 is 0 Å². The summed E-state index contributed by atoms with van der Waals surface area (Å²) in [6.07, 6.45) is 6.85. The highest BCUT2D eigenvalue weighted by molar-refractivity contribution is 5.97. The van der Waals surface area contributed by atoms with E-state index in [0.717, 1.165) is 44.1 Å². The molecule has 5 nitrogen and oxygen atoms in total. The fourth-order valence-corrected chi connectivity index (χ4v) is 3.29. The van der Waals surface area contributed by atoms with E-state index in [1.807, 2.05) is 18.2 Å². The number of fused-ring (bicyclic) bond motifs is 1. The van der Waals surface area contributed by atoms with Gasteiger partial charge in [0.1, 0.15) is 5.92 Å². The molecule has 1 aromatic carbocycles. The summed E-state index contributed by atoms with van der Waals surface area (Å²) in [6.45, 7) is -0.202. The van der Waals surface area contributed by atoms with Crippen LogP contribution in [0.15, 0.2) is 24.3 Å². The van der Waals surface area contributed by atoms with Gasteiger partial charge in [-0.1, -0.05) is 49.9 Å². The number of amides is 1. The number of carboxylic acid groups (broad SMARTS) is 1. The highest BCUT2D eigenvalue weighted by atomic mass is 16.4. The zero-order valence-electron chi connectivity index (χ0n) is 14.0. The Morgan fingerprint density at radius 3 is 2.46 bits per heavy atom. The summed E-state index contributed by atoms with van der Waals surface area (Å²) >= 11 is 0. The fraction of sp³-hybridized carbons (Fsp3) is 0.579. The van der Waals surface area contributed by atoms with Gasteiger partial charge in [0.15, 0.2) is 0 Å². The molecular weight excluding hydrogens is 306 g/mol. The van der Waals surface area contributed by atoms with E-state index in [9.17, 15) is 19.8 Å². The number of aliphatic hydroxyl groups excluding tert-OH is 1. The number of carboxylic acids is 1. The third kappa shape index (κ3) is 5.34. The first-order chi connectivity index (χ1) is 11.6. The van der Waals surface area contributed by atoms with Gasteiger partial charge in [0.2, 0.25) is 5.91 Å². The topological polar surface area (TPSA) is 86.6 Å². The second-order valence-electron chi connectivity index (χ2n) is 6.56. The number of benzene rings is 1. The van der Waals surface area contributed by atoms with E-state index in [4.69, 9.17) is 0 Å². The zero-order chi connectivity index (χ0) is 17.4. The van der Waals surface area contributed by atoms with E-state index < -0.39 is 23.8 Å². The van der Waals surface area contributed by atoms with Crippen molar-refractivity contribution in [3.05, 3.63) is 35.4 Å². The molecule has 2 atom stereocenters. The van der Waals surface area contributed by atoms with E-state index in [1.165, 1.54) is 5.56 Å². The van der Waals surface area contributed by atoms with Crippen molar-refractivity contribution in [1.29, 1.82) is 0 Å². The monoisotopic (exact) mass is 333 g/mol. The first-order valence-electron chi connectivity index (χ1n) is 8.82. The standard InChI is InChI=1S/C19H27NO4/c21-13-16-12-15-10-7-6-9-14(15)8-4-2-1-3-5-11-17(19(23)24)18(22)20-16/h6-7,9-10,16-17,21H,1-5,8,11-13H2,(H,20,22)(H,23,24). The van der Waals surface area contributed by atoms with Crippen LogP contribution in [0.1, 0.15) is 49.7 Å². The first kappa shape index (κ1) is 18.5. The maximum Gasteiger partial charge on any atom is 0.316 e. The van der Waals surface area contributed by atoms with Crippen LogP contribution in [-0.4, -0.2) is 34.7 Å². The molecule has 2 unspecified atom stereocenters. The maximum absolute atomic E-state index is 12.3. The number of carbonyl (C=O) groups excluding carboxylic acids is 1. The Balaban J connectivity index is 2.18. The Kier molecular flexibility index (Phi) is 7.25. The molecule has 0 aliphatic carbocycles. The van der Waals surface area contributed by atoms with Crippen LogP contribution in [0.2, 0.25) is 0 Å². The Hall–Kier alpha value is -1.88. The second-order valence-corrected chi connectivity index (χ2v) is 6.56. The fourth-order valence-electron chi connectivity index (χ4n) is 3.29. The molecule has 0 radical (unpaired) electrons. The predicted octanol–water partition coefficient (Wildman–Crippen LogP) is 2.30. The normalized spacial score (nSPS) is 23.6. The molecule has 3 N–H and O–H groups in total. The molecule has 0 fully saturated rings. The average Bonchev–Trinajstić information content (AvgIpc) is 2.56. The van der Waals surface area contributed by atoms with Crippen LogP contribution in [0.3, 0.4) is 0 Å². The molecular formula is C19H27NO4. The lowest BCUT2D eigenvalue weighted by Crippen LogP contribution is -2.44. The molecule has 0 saturated carbocycles. The van der Waals surface area contributed by atoms with Gasteiger partial charge in [-0.3, -0.25) is 9.59 Å². The van der Waals surface area contributed by atoms with E-state index in [-0.39, 0.29) is 6.61 Å². The minimum absolute atomic E-state index is 0.202. The maximum atomic E-state index is 12.3. The number of carbonyl (C=O) groups is 2. The third-order valence-electron chi connectivity index (χ3n) is 4.70. The molecule has 5 heteroatoms. The van der Waals surface area contributed by atoms with E-state index in [2.05, 4.69) is 11.4 Å². The van der Waals surface area contributed by atoms with Crippen LogP contribution in [0.4, 0.5) is 0 Å². The van der Waals surface area contributed by atoms with Crippen molar-refractivity contribution in [3.8, 4) is 0 Å². The van der Waals surface area contributed by atoms with Crippen LogP contribution in [-0.2, 0) is 22.4 Å². The van der Waals surface area contributed by atoms with Gasteiger partial charge in [0.25, 0.3) is 0 Å². The molecule has 0 aromatic heterocycles. The molecule has 132 valence electrons. The number of aliphatic hydroxyl groups is 1. The van der Waals surface area contributed by atoms with Crippen molar-refractivity contribution in [2.75, 3.05) is 6.61 Å². The van der Waals surface area contributed by atoms with Crippen LogP contribution < -0.4 is 5.32 Å². The van der Waals surface area contributed by atoms with Crippen LogP contribution >= 0.6 is 0 Å². The average molecular weight is 333 g/mol. The van der Waals surface area contributed by atoms with Gasteiger partial charge in [0, 0.05) is 0 Å². The Labute approximate surface area is 143 Å². The zero-order valence-corrected chi connectivity index (χ0v) is 14.0. The van der Waals surface area contributed by atoms with Crippen molar-refractivity contribution in [2.45, 2.75) is 57.4 Å². The van der Waals surface area contributed by atoms with Gasteiger partial charge in [-0.2, -0.15) is 0 Å². The Bertz CT molecular complexity index is 558. The molecule has 0 saturated heterocycles. The number of hydrogen-bond acceptors (Lipinski definition) is 3. The molecule has 1 amide bonds. The van der Waals surface area contributed by atoms with Gasteiger partial charge < -0.3 is 15.5 Å². The van der Waals surface area contributed by atoms with E-state index in [0.29, 0.717) is 12.8 Å². The smallest absolute Gasteiger partial charge is 0.316 e. The lowest BCUT2D eigenvalue weighted by Gasteiger charge is -2.21. The molecule has 1 heterocycles. The molecule has 1 aliphatic rings. The lowest BCUT2D eigenvalue weighted by atomic mass is 9.94. The highest BCUT2D eigenvalue weighted by Crippen LogP contribution is 2.18. The number of rotatable bonds is 2. The lowest BCUT2D eigenvalue weighted by molar-refractivity contribution is -0.147. The van der Waals surface area contributed by atoms with Gasteiger partial charge in [-0.05, 0) is 36.8 Å². The van der Waals surface area contributed by atoms with Crippen molar-refractivity contribution in [1.82, 2.24) is 5.32 Å². The molecule has 2 rings (SSSR count). The number of nitrogens with one attached hydrogen (secondary N) is 1. The number of hydrogen-bond donors (Lipinski definition) is 3. The Morgan fingerprint density at radius 1 is 1.08 bits per heavy atom. The Morgan fingerprint density at radius 2 is 1.75 bits per heavy atom. The second kappa shape index (κ2) is 9.42. The van der Waals surface area contributed by atoms with Crippen molar-refractivity contribution >= 4 is 11.9 Å². The molecule has 1 aromatic rings. The summed E-state index contributed by atoms with van der Waals surface area (Å²) in [6, 6.07) is 7.62. The molecule has 1 aliphatic heterocycles. The number of aryl methyl sites for hydroxylation is 1. The van der Waals surface area contributed by atoms with Crippen molar-refractivity contribution in [2.24, 2.45) is 5.92 Å². The molecule has 0 spiro atoms. The van der Waals surface area contributed by atoms with Crippen LogP contribution in [0, 0.1) is 5.92 Å². The predicted molar refractivity (Wildman–Crippen MR) is 91.7 cm³/mol. The summed E-state index contributed by atoms with van der Waals surface area (Å²) in [5.74, 6) is -2.61. The largest absolute Gasteiger partial charge is 0.481 e. The van der Waals surface area contributed by atoms with Crippen molar-refractivity contribution in [3.63, 3.8) is 0 Å². The third-order valence-corrected chi connectivity index (χ3v) is 4.70. The van der Waals surface area contributed by atoms with Gasteiger partial charge in [-0.15, -0.1) is 0 Å². The molecule has 24 heavy (non-hydrogen) atoms. The van der Waals surface area contributed by atoms with Gasteiger partial charge in [0.05, 0.1) is 12.6 Å². The number of aliphatic carboxylic acids is 1. The highest BCUT2D eigenvalue weighted by Gasteiger charge is 2.27. The minimum Gasteiger partial charge on any atom is -0.481 e.